The molecule has 3 heteroatoms. The minimum absolute atomic E-state index is 0.547. The van der Waals surface area contributed by atoms with E-state index in [2.05, 4.69) is 24.8 Å². The number of nitrogens with zero attached hydrogens (tertiary/aromatic N) is 2. The van der Waals surface area contributed by atoms with Gasteiger partial charge in [0.15, 0.2) is 0 Å². The first-order valence-electron chi connectivity index (χ1n) is 4.73. The number of carbonyl (C=O) groups excluding carboxylic acids is 1. The predicted octanol–water partition coefficient (Wildman–Crippen LogP) is 1.45. The van der Waals surface area contributed by atoms with Gasteiger partial charge in [-0.3, -0.25) is 0 Å². The Balaban J connectivity index is 3.73. The van der Waals surface area contributed by atoms with Gasteiger partial charge in [0.25, 0.3) is 0 Å². The average molecular weight is 182 g/mol. The van der Waals surface area contributed by atoms with Crippen LogP contribution in [0, 0.1) is 17.2 Å². The summed E-state index contributed by atoms with van der Waals surface area (Å²) in [4.78, 5) is 12.3. The van der Waals surface area contributed by atoms with Crippen LogP contribution in [0.2, 0.25) is 0 Å². The zero-order chi connectivity index (χ0) is 10.1. The molecule has 13 heavy (non-hydrogen) atoms. The molecule has 0 amide bonds. The fourth-order valence-electron chi connectivity index (χ4n) is 1.25. The molecule has 0 fully saturated rings. The van der Waals surface area contributed by atoms with Gasteiger partial charge >= 0.3 is 0 Å². The summed E-state index contributed by atoms with van der Waals surface area (Å²) in [5.41, 5.74) is 0. The Morgan fingerprint density at radius 3 is 2.62 bits per heavy atom. The lowest BCUT2D eigenvalue weighted by molar-refractivity contribution is -0.108. The van der Waals surface area contributed by atoms with Crippen molar-refractivity contribution in [2.75, 3.05) is 19.6 Å². The Kier molecular flexibility index (Phi) is 7.23. The van der Waals surface area contributed by atoms with Gasteiger partial charge in [-0.1, -0.05) is 13.8 Å². The number of rotatable bonds is 7. The molecule has 0 bridgehead atoms. The minimum Gasteiger partial charge on any atom is -0.303 e. The van der Waals surface area contributed by atoms with Crippen LogP contribution in [0.4, 0.5) is 0 Å². The van der Waals surface area contributed by atoms with Gasteiger partial charge < -0.3 is 9.69 Å². The Hall–Kier alpha value is -0.880. The summed E-state index contributed by atoms with van der Waals surface area (Å²) in [6.07, 6.45) is 2.05. The summed E-state index contributed by atoms with van der Waals surface area (Å²) in [7, 11) is 0. The summed E-state index contributed by atoms with van der Waals surface area (Å²) in [6.45, 7) is 6.81. The summed E-state index contributed by atoms with van der Waals surface area (Å²) in [5.74, 6) is 0.588. The highest BCUT2D eigenvalue weighted by molar-refractivity contribution is 5.49. The molecule has 0 N–H and O–H groups in total. The Labute approximate surface area is 80.3 Å². The maximum absolute atomic E-state index is 10.2. The molecule has 0 aromatic carbocycles. The van der Waals surface area contributed by atoms with Crippen LogP contribution in [0.1, 0.15) is 26.7 Å². The highest BCUT2D eigenvalue weighted by atomic mass is 16.1. The molecule has 0 aliphatic rings. The molecule has 0 saturated heterocycles. The molecular formula is C10H18N2O. The molecule has 0 unspecified atom stereocenters. The molecule has 0 heterocycles. The van der Waals surface area contributed by atoms with Gasteiger partial charge in [0, 0.05) is 32.5 Å². The monoisotopic (exact) mass is 182 g/mol. The van der Waals surface area contributed by atoms with Crippen LogP contribution in [0.15, 0.2) is 0 Å². The molecule has 0 saturated carbocycles. The van der Waals surface area contributed by atoms with E-state index in [1.807, 2.05) is 0 Å². The molecule has 0 spiro atoms. The molecule has 0 rings (SSSR count). The van der Waals surface area contributed by atoms with E-state index in [1.165, 1.54) is 0 Å². The van der Waals surface area contributed by atoms with Crippen LogP contribution < -0.4 is 0 Å². The van der Waals surface area contributed by atoms with E-state index in [1.54, 1.807) is 0 Å². The van der Waals surface area contributed by atoms with Crippen LogP contribution in [0.5, 0.6) is 0 Å². The van der Waals surface area contributed by atoms with E-state index in [0.29, 0.717) is 18.8 Å². The van der Waals surface area contributed by atoms with Gasteiger partial charge in [-0.2, -0.15) is 5.26 Å². The lowest BCUT2D eigenvalue weighted by atomic mass is 10.2. The van der Waals surface area contributed by atoms with Gasteiger partial charge in [0.2, 0.25) is 0 Å². The topological polar surface area (TPSA) is 44.1 Å². The minimum atomic E-state index is 0.547. The van der Waals surface area contributed by atoms with E-state index in [9.17, 15) is 4.79 Å². The number of aldehydes is 1. The molecule has 0 aromatic rings. The standard InChI is InChI=1S/C10H18N2O/c1-10(2)9-12(6-3-5-11)7-4-8-13/h8,10H,3-4,6-7,9H2,1-2H3. The number of nitriles is 1. The second kappa shape index (κ2) is 7.75. The van der Waals surface area contributed by atoms with Gasteiger partial charge in [-0.25, -0.2) is 0 Å². The van der Waals surface area contributed by atoms with Crippen molar-refractivity contribution < 1.29 is 4.79 Å². The molecule has 0 aromatic heterocycles. The summed E-state index contributed by atoms with van der Waals surface area (Å²) in [5, 5.41) is 8.43. The molecule has 0 radical (unpaired) electrons. The fraction of sp³-hybridized carbons (Fsp3) is 0.800. The first-order chi connectivity index (χ1) is 6.20. The zero-order valence-corrected chi connectivity index (χ0v) is 8.49. The van der Waals surface area contributed by atoms with Gasteiger partial charge in [0.1, 0.15) is 6.29 Å². The van der Waals surface area contributed by atoms with Crippen LogP contribution in [-0.2, 0) is 4.79 Å². The number of hydrogen-bond donors (Lipinski definition) is 0. The van der Waals surface area contributed by atoms with E-state index in [4.69, 9.17) is 5.26 Å². The third kappa shape index (κ3) is 7.48. The quantitative estimate of drug-likeness (QED) is 0.560. The van der Waals surface area contributed by atoms with Gasteiger partial charge in [-0.15, -0.1) is 0 Å². The summed E-state index contributed by atoms with van der Waals surface area (Å²) >= 11 is 0. The summed E-state index contributed by atoms with van der Waals surface area (Å²) < 4.78 is 0. The third-order valence-corrected chi connectivity index (χ3v) is 1.73. The second-order valence-corrected chi connectivity index (χ2v) is 3.56. The van der Waals surface area contributed by atoms with Gasteiger partial charge in [0.05, 0.1) is 6.07 Å². The molecular weight excluding hydrogens is 164 g/mol. The van der Waals surface area contributed by atoms with E-state index in [-0.39, 0.29) is 0 Å². The van der Waals surface area contributed by atoms with Crippen molar-refractivity contribution in [1.29, 1.82) is 5.26 Å². The van der Waals surface area contributed by atoms with Crippen molar-refractivity contribution in [3.8, 4) is 6.07 Å². The molecule has 3 nitrogen and oxygen atoms in total. The fourth-order valence-corrected chi connectivity index (χ4v) is 1.25. The van der Waals surface area contributed by atoms with Crippen molar-refractivity contribution in [3.63, 3.8) is 0 Å². The molecule has 0 atom stereocenters. The van der Waals surface area contributed by atoms with Gasteiger partial charge in [-0.05, 0) is 5.92 Å². The highest BCUT2D eigenvalue weighted by Crippen LogP contribution is 2.00. The van der Waals surface area contributed by atoms with Crippen LogP contribution in [-0.4, -0.2) is 30.8 Å². The highest BCUT2D eigenvalue weighted by Gasteiger charge is 2.05. The van der Waals surface area contributed by atoms with Crippen molar-refractivity contribution >= 4 is 6.29 Å². The lowest BCUT2D eigenvalue weighted by Crippen LogP contribution is -2.29. The normalized spacial score (nSPS) is 10.4. The Bertz CT molecular complexity index is 172. The van der Waals surface area contributed by atoms with Crippen molar-refractivity contribution in [1.82, 2.24) is 4.90 Å². The predicted molar refractivity (Wildman–Crippen MR) is 52.2 cm³/mol. The molecule has 74 valence electrons. The van der Waals surface area contributed by atoms with E-state index < -0.39 is 0 Å². The molecule has 0 aliphatic carbocycles. The largest absolute Gasteiger partial charge is 0.303 e. The zero-order valence-electron chi connectivity index (χ0n) is 8.49. The lowest BCUT2D eigenvalue weighted by Gasteiger charge is -2.21. The average Bonchev–Trinajstić information content (AvgIpc) is 2.09. The first-order valence-corrected chi connectivity index (χ1v) is 4.73. The Morgan fingerprint density at radius 2 is 2.15 bits per heavy atom. The molecule has 0 aliphatic heterocycles. The summed E-state index contributed by atoms with van der Waals surface area (Å²) in [6, 6.07) is 2.12. The van der Waals surface area contributed by atoms with Crippen LogP contribution in [0.3, 0.4) is 0 Å². The van der Waals surface area contributed by atoms with E-state index >= 15 is 0 Å². The SMILES string of the molecule is CC(C)CN(CCC#N)CCC=O. The number of carbonyl (C=O) groups is 1. The van der Waals surface area contributed by atoms with Crippen LogP contribution in [0.25, 0.3) is 0 Å². The van der Waals surface area contributed by atoms with Crippen LogP contribution >= 0.6 is 0 Å². The van der Waals surface area contributed by atoms with Crippen molar-refractivity contribution in [3.05, 3.63) is 0 Å². The third-order valence-electron chi connectivity index (χ3n) is 1.73. The maximum Gasteiger partial charge on any atom is 0.121 e. The smallest absolute Gasteiger partial charge is 0.121 e. The second-order valence-electron chi connectivity index (χ2n) is 3.56. The first kappa shape index (κ1) is 12.1. The van der Waals surface area contributed by atoms with E-state index in [0.717, 1.165) is 25.9 Å². The van der Waals surface area contributed by atoms with Crippen molar-refractivity contribution in [2.24, 2.45) is 5.92 Å². The van der Waals surface area contributed by atoms with Crippen molar-refractivity contribution in [2.45, 2.75) is 26.7 Å². The number of hydrogen-bond acceptors (Lipinski definition) is 3. The Morgan fingerprint density at radius 1 is 1.46 bits per heavy atom. The maximum atomic E-state index is 10.2.